The van der Waals surface area contributed by atoms with E-state index in [2.05, 4.69) is 37.3 Å². The van der Waals surface area contributed by atoms with Crippen molar-refractivity contribution in [2.24, 2.45) is 0 Å². The molecule has 5 nitrogen and oxygen atoms in total. The van der Waals surface area contributed by atoms with Crippen molar-refractivity contribution in [3.8, 4) is 34.3 Å². The Balaban J connectivity index is 1.49. The first kappa shape index (κ1) is 20.7. The molecule has 174 valence electrons. The second-order valence-electron chi connectivity index (χ2n) is 9.09. The number of nitrogens with zero attached hydrogens (tertiary/aromatic N) is 3. The van der Waals surface area contributed by atoms with Crippen molar-refractivity contribution in [2.45, 2.75) is 13.3 Å². The molecule has 1 aliphatic rings. The third-order valence-corrected chi connectivity index (χ3v) is 7.06. The quantitative estimate of drug-likeness (QED) is 0.273. The second-order valence-corrected chi connectivity index (χ2v) is 9.09. The topological polar surface area (TPSA) is 49.2 Å². The van der Waals surface area contributed by atoms with Crippen LogP contribution in [0.4, 0.5) is 0 Å². The molecule has 0 atom stereocenters. The SMILES string of the molecule is COc1ccc2ccc3c(c2c1)Cc1c(nc2c(c(-c4ccccc4)nn2-c2ccccc2)c1C)O3. The highest BCUT2D eigenvalue weighted by Crippen LogP contribution is 2.44. The Bertz CT molecular complexity index is 1770. The number of hydrogen-bond acceptors (Lipinski definition) is 4. The van der Waals surface area contributed by atoms with Crippen molar-refractivity contribution in [2.75, 3.05) is 7.11 Å². The molecule has 0 unspecified atom stereocenters. The van der Waals surface area contributed by atoms with Gasteiger partial charge in [-0.15, -0.1) is 0 Å². The van der Waals surface area contributed by atoms with Gasteiger partial charge in [-0.2, -0.15) is 10.1 Å². The van der Waals surface area contributed by atoms with Gasteiger partial charge in [0.1, 0.15) is 17.2 Å². The Morgan fingerprint density at radius 2 is 1.61 bits per heavy atom. The highest BCUT2D eigenvalue weighted by Gasteiger charge is 2.27. The Labute approximate surface area is 208 Å². The van der Waals surface area contributed by atoms with Crippen LogP contribution in [0.25, 0.3) is 38.8 Å². The van der Waals surface area contributed by atoms with Crippen LogP contribution in [0.1, 0.15) is 16.7 Å². The van der Waals surface area contributed by atoms with Crippen molar-refractivity contribution >= 4 is 21.8 Å². The fourth-order valence-corrected chi connectivity index (χ4v) is 5.20. The van der Waals surface area contributed by atoms with Crippen molar-refractivity contribution in [1.82, 2.24) is 14.8 Å². The average molecular weight is 470 g/mol. The largest absolute Gasteiger partial charge is 0.497 e. The summed E-state index contributed by atoms with van der Waals surface area (Å²) in [5.74, 6) is 2.32. The third-order valence-electron chi connectivity index (χ3n) is 7.06. The first-order chi connectivity index (χ1) is 17.7. The standard InChI is InChI=1S/C31H23N3O2/c1-19-24-18-26-25-17-23(35-2)15-13-20(25)14-16-27(26)36-31(24)32-30-28(19)29(21-9-5-3-6-10-21)33-34(30)22-11-7-4-8-12-22/h3-17H,18H2,1-2H3. The van der Waals surface area contributed by atoms with Gasteiger partial charge in [0.2, 0.25) is 5.88 Å². The molecular weight excluding hydrogens is 446 g/mol. The number of aryl methyl sites for hydroxylation is 1. The Kier molecular flexibility index (Phi) is 4.58. The van der Waals surface area contributed by atoms with E-state index in [-0.39, 0.29) is 0 Å². The number of hydrogen-bond donors (Lipinski definition) is 0. The average Bonchev–Trinajstić information content (AvgIpc) is 3.32. The summed E-state index contributed by atoms with van der Waals surface area (Å²) in [4.78, 5) is 5.07. The molecule has 0 amide bonds. The number of rotatable bonds is 3. The first-order valence-corrected chi connectivity index (χ1v) is 12.0. The van der Waals surface area contributed by atoms with Gasteiger partial charge in [-0.3, -0.25) is 0 Å². The van der Waals surface area contributed by atoms with Crippen LogP contribution in [0, 0.1) is 6.92 Å². The fraction of sp³-hybridized carbons (Fsp3) is 0.0968. The van der Waals surface area contributed by atoms with Crippen LogP contribution in [0.2, 0.25) is 0 Å². The van der Waals surface area contributed by atoms with E-state index in [0.717, 1.165) is 73.4 Å². The number of para-hydroxylation sites is 1. The maximum atomic E-state index is 6.46. The van der Waals surface area contributed by atoms with Gasteiger partial charge in [0, 0.05) is 23.1 Å². The van der Waals surface area contributed by atoms with Gasteiger partial charge in [-0.1, -0.05) is 60.7 Å². The summed E-state index contributed by atoms with van der Waals surface area (Å²) in [7, 11) is 1.70. The number of aromatic nitrogens is 3. The second kappa shape index (κ2) is 7.95. The summed E-state index contributed by atoms with van der Waals surface area (Å²) in [5, 5.41) is 8.42. The van der Waals surface area contributed by atoms with E-state index in [1.54, 1.807) is 7.11 Å². The molecule has 0 saturated heterocycles. The van der Waals surface area contributed by atoms with Crippen LogP contribution in [-0.4, -0.2) is 21.9 Å². The number of methoxy groups -OCH3 is 1. The molecule has 0 aliphatic carbocycles. The molecule has 36 heavy (non-hydrogen) atoms. The van der Waals surface area contributed by atoms with Crippen molar-refractivity contribution in [1.29, 1.82) is 0 Å². The molecule has 0 radical (unpaired) electrons. The highest BCUT2D eigenvalue weighted by molar-refractivity contribution is 5.97. The van der Waals surface area contributed by atoms with Crippen molar-refractivity contribution < 1.29 is 9.47 Å². The van der Waals surface area contributed by atoms with E-state index in [4.69, 9.17) is 19.6 Å². The molecule has 4 aromatic carbocycles. The van der Waals surface area contributed by atoms with E-state index in [1.807, 2.05) is 65.3 Å². The van der Waals surface area contributed by atoms with Gasteiger partial charge in [0.15, 0.2) is 5.65 Å². The molecule has 0 spiro atoms. The number of pyridine rings is 1. The predicted molar refractivity (Wildman–Crippen MR) is 142 cm³/mol. The zero-order valence-corrected chi connectivity index (χ0v) is 20.0. The molecule has 2 aromatic heterocycles. The minimum absolute atomic E-state index is 0.645. The van der Waals surface area contributed by atoms with E-state index < -0.39 is 0 Å². The van der Waals surface area contributed by atoms with Crippen LogP contribution >= 0.6 is 0 Å². The van der Waals surface area contributed by atoms with Crippen molar-refractivity contribution in [3.63, 3.8) is 0 Å². The monoisotopic (exact) mass is 469 g/mol. The van der Waals surface area contributed by atoms with Crippen LogP contribution in [-0.2, 0) is 6.42 Å². The maximum absolute atomic E-state index is 6.46. The lowest BCUT2D eigenvalue weighted by Gasteiger charge is -2.23. The number of ether oxygens (including phenoxy) is 2. The minimum atomic E-state index is 0.645. The summed E-state index contributed by atoms with van der Waals surface area (Å²) in [6.07, 6.45) is 0.731. The smallest absolute Gasteiger partial charge is 0.225 e. The molecular formula is C31H23N3O2. The van der Waals surface area contributed by atoms with E-state index >= 15 is 0 Å². The summed E-state index contributed by atoms with van der Waals surface area (Å²) in [6.45, 7) is 2.16. The van der Waals surface area contributed by atoms with Crippen LogP contribution in [0.3, 0.4) is 0 Å². The Hall–Kier alpha value is -4.64. The molecule has 1 aliphatic heterocycles. The lowest BCUT2D eigenvalue weighted by molar-refractivity contribution is 0.415. The van der Waals surface area contributed by atoms with Gasteiger partial charge in [-0.05, 0) is 53.6 Å². The molecule has 3 heterocycles. The minimum Gasteiger partial charge on any atom is -0.497 e. The summed E-state index contributed by atoms with van der Waals surface area (Å²) < 4.78 is 13.9. The van der Waals surface area contributed by atoms with Gasteiger partial charge >= 0.3 is 0 Å². The van der Waals surface area contributed by atoms with Gasteiger partial charge in [0.25, 0.3) is 0 Å². The number of fused-ring (bicyclic) bond motifs is 5. The lowest BCUT2D eigenvalue weighted by Crippen LogP contribution is -2.09. The zero-order valence-electron chi connectivity index (χ0n) is 20.0. The highest BCUT2D eigenvalue weighted by atomic mass is 16.5. The predicted octanol–water partition coefficient (Wildman–Crippen LogP) is 7.25. The fourth-order valence-electron chi connectivity index (χ4n) is 5.20. The molecule has 0 N–H and O–H groups in total. The number of benzene rings is 4. The van der Waals surface area contributed by atoms with Crippen molar-refractivity contribution in [3.05, 3.63) is 108 Å². The molecule has 0 fully saturated rings. The zero-order chi connectivity index (χ0) is 24.2. The van der Waals surface area contributed by atoms with Crippen LogP contribution in [0.15, 0.2) is 91.0 Å². The molecule has 0 bridgehead atoms. The molecule has 6 aromatic rings. The Morgan fingerprint density at radius 1 is 0.861 bits per heavy atom. The van der Waals surface area contributed by atoms with E-state index in [1.165, 1.54) is 0 Å². The van der Waals surface area contributed by atoms with Gasteiger partial charge < -0.3 is 9.47 Å². The molecule has 7 rings (SSSR count). The van der Waals surface area contributed by atoms with Gasteiger partial charge in [-0.25, -0.2) is 4.68 Å². The normalized spacial score (nSPS) is 12.3. The summed E-state index contributed by atoms with van der Waals surface area (Å²) in [6, 6.07) is 30.8. The molecule has 5 heteroatoms. The van der Waals surface area contributed by atoms with E-state index in [0.29, 0.717) is 5.88 Å². The summed E-state index contributed by atoms with van der Waals surface area (Å²) >= 11 is 0. The first-order valence-electron chi connectivity index (χ1n) is 12.0. The van der Waals surface area contributed by atoms with E-state index in [9.17, 15) is 0 Å². The third kappa shape index (κ3) is 3.09. The Morgan fingerprint density at radius 3 is 2.39 bits per heavy atom. The van der Waals surface area contributed by atoms with Crippen LogP contribution in [0.5, 0.6) is 17.4 Å². The van der Waals surface area contributed by atoms with Gasteiger partial charge in [0.05, 0.1) is 18.2 Å². The molecule has 0 saturated carbocycles. The van der Waals surface area contributed by atoms with Crippen LogP contribution < -0.4 is 9.47 Å². The summed E-state index contributed by atoms with van der Waals surface area (Å²) in [5.41, 5.74) is 7.13. The maximum Gasteiger partial charge on any atom is 0.225 e. The lowest BCUT2D eigenvalue weighted by atomic mass is 9.92.